The molecule has 6 heteroatoms. The van der Waals surface area contributed by atoms with Crippen LogP contribution in [-0.4, -0.2) is 30.8 Å². The van der Waals surface area contributed by atoms with E-state index in [1.54, 1.807) is 24.3 Å². The molecule has 18 heavy (non-hydrogen) atoms. The molecule has 0 saturated carbocycles. The highest BCUT2D eigenvalue weighted by Crippen LogP contribution is 2.15. The molecule has 4 nitrogen and oxygen atoms in total. The Bertz CT molecular complexity index is 523. The number of rotatable bonds is 6. The highest BCUT2D eigenvalue weighted by molar-refractivity contribution is 7.88. The van der Waals surface area contributed by atoms with Crippen molar-refractivity contribution in [3.8, 4) is 0 Å². The van der Waals surface area contributed by atoms with E-state index in [0.717, 1.165) is 0 Å². The summed E-state index contributed by atoms with van der Waals surface area (Å²) in [6, 6.07) is 7.07. The molecule has 0 bridgehead atoms. The highest BCUT2D eigenvalue weighted by Gasteiger charge is 2.21. The standard InChI is InChI=1S/C12H18N2O2S2/c1-3-14(4-2)18(15,16)9-10-7-5-6-8-11(10)12(13)17/h5-8H,3-4,9H2,1-2H3,(H2,13,17). The van der Waals surface area contributed by atoms with Gasteiger partial charge in [-0.2, -0.15) is 0 Å². The molecule has 0 atom stereocenters. The van der Waals surface area contributed by atoms with E-state index in [0.29, 0.717) is 24.2 Å². The van der Waals surface area contributed by atoms with Crippen molar-refractivity contribution in [2.45, 2.75) is 19.6 Å². The minimum absolute atomic E-state index is 0.0673. The van der Waals surface area contributed by atoms with E-state index in [1.165, 1.54) is 4.31 Å². The Balaban J connectivity index is 3.08. The molecule has 0 aliphatic rings. The predicted molar refractivity (Wildman–Crippen MR) is 77.9 cm³/mol. The number of hydrogen-bond donors (Lipinski definition) is 1. The molecular weight excluding hydrogens is 268 g/mol. The van der Waals surface area contributed by atoms with Crippen molar-refractivity contribution in [2.75, 3.05) is 13.1 Å². The number of thiocarbonyl (C=S) groups is 1. The molecule has 0 unspecified atom stereocenters. The molecule has 1 rings (SSSR count). The van der Waals surface area contributed by atoms with Gasteiger partial charge in [0.05, 0.1) is 5.75 Å². The van der Waals surface area contributed by atoms with Gasteiger partial charge in [0, 0.05) is 18.7 Å². The van der Waals surface area contributed by atoms with Crippen LogP contribution in [0.1, 0.15) is 25.0 Å². The van der Waals surface area contributed by atoms with Crippen LogP contribution in [0.15, 0.2) is 24.3 Å². The SMILES string of the molecule is CCN(CC)S(=O)(=O)Cc1ccccc1C(N)=S. The number of hydrogen-bond acceptors (Lipinski definition) is 3. The van der Waals surface area contributed by atoms with Crippen LogP contribution in [0.25, 0.3) is 0 Å². The van der Waals surface area contributed by atoms with E-state index in [1.807, 2.05) is 13.8 Å². The summed E-state index contributed by atoms with van der Waals surface area (Å²) in [5.41, 5.74) is 6.88. The Hall–Kier alpha value is -0.980. The zero-order valence-electron chi connectivity index (χ0n) is 10.6. The molecule has 0 amide bonds. The topological polar surface area (TPSA) is 63.4 Å². The van der Waals surface area contributed by atoms with Gasteiger partial charge < -0.3 is 5.73 Å². The van der Waals surface area contributed by atoms with Crippen LogP contribution < -0.4 is 5.73 Å². The van der Waals surface area contributed by atoms with Crippen molar-refractivity contribution >= 4 is 27.2 Å². The van der Waals surface area contributed by atoms with Gasteiger partial charge in [0.2, 0.25) is 10.0 Å². The van der Waals surface area contributed by atoms with Crippen LogP contribution >= 0.6 is 12.2 Å². The van der Waals surface area contributed by atoms with Crippen molar-refractivity contribution in [1.82, 2.24) is 4.31 Å². The van der Waals surface area contributed by atoms with Gasteiger partial charge in [-0.3, -0.25) is 0 Å². The fourth-order valence-electron chi connectivity index (χ4n) is 1.79. The second-order valence-electron chi connectivity index (χ2n) is 3.86. The molecule has 2 N–H and O–H groups in total. The third kappa shape index (κ3) is 3.51. The Labute approximate surface area is 114 Å². The first-order valence-corrected chi connectivity index (χ1v) is 7.79. The molecular formula is C12H18N2O2S2. The predicted octanol–water partition coefficient (Wildman–Crippen LogP) is 1.49. The van der Waals surface area contributed by atoms with Gasteiger partial charge in [-0.1, -0.05) is 50.3 Å². The van der Waals surface area contributed by atoms with E-state index in [4.69, 9.17) is 18.0 Å². The van der Waals surface area contributed by atoms with E-state index >= 15 is 0 Å². The molecule has 0 aliphatic heterocycles. The third-order valence-electron chi connectivity index (χ3n) is 2.72. The summed E-state index contributed by atoms with van der Waals surface area (Å²) < 4.78 is 25.8. The van der Waals surface area contributed by atoms with Crippen LogP contribution in [0.3, 0.4) is 0 Å². The molecule has 0 radical (unpaired) electrons. The molecule has 0 spiro atoms. The second-order valence-corrected chi connectivity index (χ2v) is 6.27. The van der Waals surface area contributed by atoms with Gasteiger partial charge in [-0.15, -0.1) is 0 Å². The number of nitrogens with zero attached hydrogens (tertiary/aromatic N) is 1. The zero-order valence-corrected chi connectivity index (χ0v) is 12.2. The van der Waals surface area contributed by atoms with Crippen molar-refractivity contribution in [3.05, 3.63) is 35.4 Å². The van der Waals surface area contributed by atoms with Gasteiger partial charge in [0.1, 0.15) is 4.99 Å². The van der Waals surface area contributed by atoms with E-state index in [2.05, 4.69) is 0 Å². The lowest BCUT2D eigenvalue weighted by Gasteiger charge is -2.19. The normalized spacial score (nSPS) is 11.7. The van der Waals surface area contributed by atoms with Gasteiger partial charge >= 0.3 is 0 Å². The number of nitrogens with two attached hydrogens (primary N) is 1. The first kappa shape index (κ1) is 15.1. The van der Waals surface area contributed by atoms with Crippen LogP contribution in [0, 0.1) is 0 Å². The summed E-state index contributed by atoms with van der Waals surface area (Å²) in [6.45, 7) is 4.57. The summed E-state index contributed by atoms with van der Waals surface area (Å²) in [7, 11) is -3.31. The molecule has 0 saturated heterocycles. The number of benzene rings is 1. The Kier molecular flexibility index (Phi) is 5.25. The Morgan fingerprint density at radius 3 is 2.33 bits per heavy atom. The zero-order chi connectivity index (χ0) is 13.8. The van der Waals surface area contributed by atoms with Gasteiger partial charge in [-0.05, 0) is 5.56 Å². The monoisotopic (exact) mass is 286 g/mol. The molecule has 0 aliphatic carbocycles. The lowest BCUT2D eigenvalue weighted by molar-refractivity contribution is 0.444. The Morgan fingerprint density at radius 2 is 1.83 bits per heavy atom. The number of sulfonamides is 1. The fraction of sp³-hybridized carbons (Fsp3) is 0.417. The smallest absolute Gasteiger partial charge is 0.218 e. The van der Waals surface area contributed by atoms with Gasteiger partial charge in [0.15, 0.2) is 0 Å². The molecule has 0 fully saturated rings. The third-order valence-corrected chi connectivity index (χ3v) is 4.92. The summed E-state index contributed by atoms with van der Waals surface area (Å²) >= 11 is 4.93. The van der Waals surface area contributed by atoms with Crippen LogP contribution in [0.4, 0.5) is 0 Å². The summed E-state index contributed by atoms with van der Waals surface area (Å²) in [4.78, 5) is 0.223. The largest absolute Gasteiger partial charge is 0.389 e. The average molecular weight is 286 g/mol. The summed E-state index contributed by atoms with van der Waals surface area (Å²) in [6.07, 6.45) is 0. The minimum atomic E-state index is -3.31. The van der Waals surface area contributed by atoms with E-state index in [9.17, 15) is 8.42 Å². The Morgan fingerprint density at radius 1 is 1.28 bits per heavy atom. The minimum Gasteiger partial charge on any atom is -0.389 e. The maximum atomic E-state index is 12.2. The lowest BCUT2D eigenvalue weighted by Crippen LogP contribution is -2.32. The molecule has 1 aromatic rings. The average Bonchev–Trinajstić information content (AvgIpc) is 2.29. The van der Waals surface area contributed by atoms with E-state index in [-0.39, 0.29) is 10.7 Å². The molecule has 1 aromatic carbocycles. The van der Waals surface area contributed by atoms with Gasteiger partial charge in [-0.25, -0.2) is 12.7 Å². The molecule has 0 heterocycles. The van der Waals surface area contributed by atoms with Gasteiger partial charge in [0.25, 0.3) is 0 Å². The van der Waals surface area contributed by atoms with Crippen LogP contribution in [0.5, 0.6) is 0 Å². The maximum absolute atomic E-state index is 12.2. The second kappa shape index (κ2) is 6.26. The van der Waals surface area contributed by atoms with Crippen LogP contribution in [-0.2, 0) is 15.8 Å². The van der Waals surface area contributed by atoms with Crippen molar-refractivity contribution in [3.63, 3.8) is 0 Å². The van der Waals surface area contributed by atoms with Crippen molar-refractivity contribution < 1.29 is 8.42 Å². The van der Waals surface area contributed by atoms with Crippen LogP contribution in [0.2, 0.25) is 0 Å². The summed E-state index contributed by atoms with van der Waals surface area (Å²) in [5.74, 6) is -0.0673. The lowest BCUT2D eigenvalue weighted by atomic mass is 10.1. The molecule has 0 aromatic heterocycles. The maximum Gasteiger partial charge on any atom is 0.218 e. The first-order chi connectivity index (χ1) is 8.42. The quantitative estimate of drug-likeness (QED) is 0.805. The summed E-state index contributed by atoms with van der Waals surface area (Å²) in [5, 5.41) is 0. The van der Waals surface area contributed by atoms with E-state index < -0.39 is 10.0 Å². The fourth-order valence-corrected chi connectivity index (χ4v) is 3.60. The first-order valence-electron chi connectivity index (χ1n) is 5.77. The molecule has 100 valence electrons. The van der Waals surface area contributed by atoms with Crippen molar-refractivity contribution in [1.29, 1.82) is 0 Å². The highest BCUT2D eigenvalue weighted by atomic mass is 32.2. The van der Waals surface area contributed by atoms with Crippen molar-refractivity contribution in [2.24, 2.45) is 5.73 Å².